The van der Waals surface area contributed by atoms with E-state index in [-0.39, 0.29) is 11.2 Å². The second-order valence-corrected chi connectivity index (χ2v) is 5.41. The molecule has 1 atom stereocenters. The number of carbonyl (C=O) groups excluding carboxylic acids is 1. The molecule has 74 valence electrons. The van der Waals surface area contributed by atoms with Crippen LogP contribution in [0.1, 0.15) is 25.7 Å². The van der Waals surface area contributed by atoms with E-state index >= 15 is 0 Å². The van der Waals surface area contributed by atoms with Crippen molar-refractivity contribution in [1.29, 1.82) is 0 Å². The Morgan fingerprint density at radius 1 is 1.69 bits per heavy atom. The van der Waals surface area contributed by atoms with E-state index in [0.29, 0.717) is 6.42 Å². The first-order chi connectivity index (χ1) is 6.16. The third-order valence-electron chi connectivity index (χ3n) is 2.28. The Labute approximate surface area is 81.5 Å². The Morgan fingerprint density at radius 2 is 2.46 bits per heavy atom. The molecule has 3 nitrogen and oxygen atoms in total. The van der Waals surface area contributed by atoms with Gasteiger partial charge in [0.25, 0.3) is 0 Å². The molecule has 0 N–H and O–H groups in total. The molecule has 0 aromatic carbocycles. The van der Waals surface area contributed by atoms with Crippen molar-refractivity contribution in [3.63, 3.8) is 0 Å². The number of ether oxygens (including phenoxy) is 2. The zero-order valence-corrected chi connectivity index (χ0v) is 10.0. The number of rotatable bonds is 3. The van der Waals surface area contributed by atoms with Crippen molar-refractivity contribution in [2.45, 2.75) is 30.9 Å². The van der Waals surface area contributed by atoms with E-state index < -0.39 is 0 Å². The van der Waals surface area contributed by atoms with Gasteiger partial charge in [0.2, 0.25) is 0 Å². The third kappa shape index (κ3) is 3.32. The topological polar surface area (TPSA) is 35.5 Å². The van der Waals surface area contributed by atoms with E-state index in [1.807, 2.05) is 0 Å². The summed E-state index contributed by atoms with van der Waals surface area (Å²) in [6.07, 6.45) is 4.82. The number of esters is 1. The van der Waals surface area contributed by atoms with Crippen molar-refractivity contribution >= 4 is 16.2 Å². The standard InChI is InChI=1S/C9H16O3Si/c1-2-11-8(10)7-9(13)5-3-4-6-12-9/h2H,1,3-7H2,13H3. The quantitative estimate of drug-likeness (QED) is 0.374. The van der Waals surface area contributed by atoms with Crippen molar-refractivity contribution in [3.8, 4) is 0 Å². The lowest BCUT2D eigenvalue weighted by Gasteiger charge is -2.32. The van der Waals surface area contributed by atoms with E-state index in [0.717, 1.165) is 36.1 Å². The molecule has 1 aliphatic rings. The average molecular weight is 200 g/mol. The highest BCUT2D eigenvalue weighted by Crippen LogP contribution is 2.25. The van der Waals surface area contributed by atoms with Crippen LogP contribution in [-0.4, -0.2) is 28.0 Å². The monoisotopic (exact) mass is 200 g/mol. The van der Waals surface area contributed by atoms with Gasteiger partial charge in [0.15, 0.2) is 0 Å². The van der Waals surface area contributed by atoms with Crippen LogP contribution in [0.4, 0.5) is 0 Å². The number of carbonyl (C=O) groups is 1. The van der Waals surface area contributed by atoms with Crippen molar-refractivity contribution in [1.82, 2.24) is 0 Å². The largest absolute Gasteiger partial charge is 0.435 e. The van der Waals surface area contributed by atoms with Crippen molar-refractivity contribution < 1.29 is 14.3 Å². The van der Waals surface area contributed by atoms with Gasteiger partial charge in [-0.25, -0.2) is 0 Å². The summed E-state index contributed by atoms with van der Waals surface area (Å²) in [5, 5.41) is -0.182. The summed E-state index contributed by atoms with van der Waals surface area (Å²) in [5.74, 6) is -0.230. The summed E-state index contributed by atoms with van der Waals surface area (Å²) in [6, 6.07) is 0. The minimum atomic E-state index is -0.230. The fourth-order valence-electron chi connectivity index (χ4n) is 1.57. The molecule has 13 heavy (non-hydrogen) atoms. The molecule has 0 aromatic rings. The van der Waals surface area contributed by atoms with Crippen LogP contribution in [0.15, 0.2) is 12.8 Å². The molecule has 1 unspecified atom stereocenters. The highest BCUT2D eigenvalue weighted by molar-refractivity contribution is 6.15. The Kier molecular flexibility index (Phi) is 3.68. The highest BCUT2D eigenvalue weighted by atomic mass is 28.1. The van der Waals surface area contributed by atoms with Gasteiger partial charge in [-0.15, -0.1) is 0 Å². The fourth-order valence-corrected chi connectivity index (χ4v) is 2.42. The second-order valence-electron chi connectivity index (χ2n) is 3.59. The summed E-state index contributed by atoms with van der Waals surface area (Å²) in [4.78, 5) is 11.2. The van der Waals surface area contributed by atoms with Gasteiger partial charge in [0.1, 0.15) is 0 Å². The number of hydrogen-bond donors (Lipinski definition) is 0. The van der Waals surface area contributed by atoms with Gasteiger partial charge >= 0.3 is 5.97 Å². The predicted octanol–water partition coefficient (Wildman–Crippen LogP) is 0.325. The predicted molar refractivity (Wildman–Crippen MR) is 53.4 cm³/mol. The highest BCUT2D eigenvalue weighted by Gasteiger charge is 2.30. The molecule has 1 heterocycles. The van der Waals surface area contributed by atoms with Gasteiger partial charge in [-0.1, -0.05) is 6.58 Å². The van der Waals surface area contributed by atoms with E-state index in [1.54, 1.807) is 0 Å². The summed E-state index contributed by atoms with van der Waals surface area (Å²) >= 11 is 0. The molecule has 4 heteroatoms. The Morgan fingerprint density at radius 3 is 3.00 bits per heavy atom. The smallest absolute Gasteiger partial charge is 0.313 e. The molecule has 1 aliphatic heterocycles. The number of hydrogen-bond acceptors (Lipinski definition) is 3. The maximum Gasteiger partial charge on any atom is 0.313 e. The summed E-state index contributed by atoms with van der Waals surface area (Å²) in [5.41, 5.74) is 0. The minimum Gasteiger partial charge on any atom is -0.435 e. The van der Waals surface area contributed by atoms with Crippen LogP contribution in [0.2, 0.25) is 0 Å². The van der Waals surface area contributed by atoms with Crippen LogP contribution in [-0.2, 0) is 14.3 Å². The molecular formula is C9H16O3Si. The second kappa shape index (κ2) is 4.57. The van der Waals surface area contributed by atoms with E-state index in [9.17, 15) is 4.79 Å². The lowest BCUT2D eigenvalue weighted by Crippen LogP contribution is -2.39. The first kappa shape index (κ1) is 10.5. The Hall–Kier alpha value is -0.613. The van der Waals surface area contributed by atoms with Crippen LogP contribution >= 0.6 is 0 Å². The molecule has 0 bridgehead atoms. The summed E-state index contributed by atoms with van der Waals surface area (Å²) in [7, 11) is 0.878. The van der Waals surface area contributed by atoms with E-state index in [1.165, 1.54) is 6.26 Å². The van der Waals surface area contributed by atoms with E-state index in [2.05, 4.69) is 11.3 Å². The van der Waals surface area contributed by atoms with Gasteiger partial charge in [-0.2, -0.15) is 0 Å². The Bertz CT molecular complexity index is 197. The van der Waals surface area contributed by atoms with Crippen LogP contribution in [0.3, 0.4) is 0 Å². The van der Waals surface area contributed by atoms with Gasteiger partial charge in [0.05, 0.1) is 17.9 Å². The van der Waals surface area contributed by atoms with E-state index in [4.69, 9.17) is 4.74 Å². The fraction of sp³-hybridized carbons (Fsp3) is 0.667. The molecule has 0 amide bonds. The molecule has 0 aromatic heterocycles. The first-order valence-corrected chi connectivity index (χ1v) is 5.61. The van der Waals surface area contributed by atoms with Crippen molar-refractivity contribution in [2.75, 3.05) is 6.61 Å². The summed E-state index contributed by atoms with van der Waals surface area (Å²) < 4.78 is 10.3. The van der Waals surface area contributed by atoms with Gasteiger partial charge in [-0.3, -0.25) is 4.79 Å². The van der Waals surface area contributed by atoms with Crippen LogP contribution in [0.5, 0.6) is 0 Å². The third-order valence-corrected chi connectivity index (χ3v) is 3.43. The SMILES string of the molecule is C=COC(=O)CC1([SiH3])CCCCO1. The van der Waals surface area contributed by atoms with Gasteiger partial charge < -0.3 is 9.47 Å². The molecule has 1 fully saturated rings. The van der Waals surface area contributed by atoms with Crippen LogP contribution < -0.4 is 0 Å². The molecule has 0 spiro atoms. The lowest BCUT2D eigenvalue weighted by atomic mass is 10.1. The summed E-state index contributed by atoms with van der Waals surface area (Å²) in [6.45, 7) is 4.13. The molecule has 0 saturated carbocycles. The maximum atomic E-state index is 11.2. The Balaban J connectivity index is 2.40. The van der Waals surface area contributed by atoms with Crippen LogP contribution in [0, 0.1) is 0 Å². The molecule has 1 saturated heterocycles. The first-order valence-electron chi connectivity index (χ1n) is 4.61. The normalized spacial score (nSPS) is 28.3. The maximum absolute atomic E-state index is 11.2. The van der Waals surface area contributed by atoms with Gasteiger partial charge in [-0.05, 0) is 19.3 Å². The van der Waals surface area contributed by atoms with Gasteiger partial charge in [0, 0.05) is 16.8 Å². The molecule has 1 rings (SSSR count). The van der Waals surface area contributed by atoms with Crippen molar-refractivity contribution in [3.05, 3.63) is 12.8 Å². The lowest BCUT2D eigenvalue weighted by molar-refractivity contribution is -0.143. The van der Waals surface area contributed by atoms with Crippen molar-refractivity contribution in [2.24, 2.45) is 0 Å². The zero-order chi connectivity index (χ0) is 9.73. The average Bonchev–Trinajstić information content (AvgIpc) is 2.04. The molecular weight excluding hydrogens is 184 g/mol. The van der Waals surface area contributed by atoms with Crippen LogP contribution in [0.25, 0.3) is 0 Å². The molecule has 0 aliphatic carbocycles. The zero-order valence-electron chi connectivity index (χ0n) is 8.04. The minimum absolute atomic E-state index is 0.182. The molecule has 0 radical (unpaired) electrons.